The predicted molar refractivity (Wildman–Crippen MR) is 76.7 cm³/mol. The summed E-state index contributed by atoms with van der Waals surface area (Å²) in [6.07, 6.45) is 0. The second-order valence-electron chi connectivity index (χ2n) is 4.41. The van der Waals surface area contributed by atoms with Crippen molar-refractivity contribution >= 4 is 21.4 Å². The smallest absolute Gasteiger partial charge is 0.0349 e. The molecular formula is C16H14S. The van der Waals surface area contributed by atoms with Gasteiger partial charge in [-0.2, -0.15) is 0 Å². The van der Waals surface area contributed by atoms with Crippen molar-refractivity contribution in [3.8, 4) is 11.1 Å². The average molecular weight is 238 g/mol. The number of hydrogen-bond acceptors (Lipinski definition) is 1. The Kier molecular flexibility index (Phi) is 2.49. The Labute approximate surface area is 106 Å². The highest BCUT2D eigenvalue weighted by Crippen LogP contribution is 2.36. The SMILES string of the molecule is Cc1cccc(C)c1-c1csc2ccccc12. The molecular weight excluding hydrogens is 224 g/mol. The van der Waals surface area contributed by atoms with E-state index in [4.69, 9.17) is 0 Å². The second kappa shape index (κ2) is 4.01. The third-order valence-electron chi connectivity index (χ3n) is 3.23. The maximum Gasteiger partial charge on any atom is 0.0349 e. The third-order valence-corrected chi connectivity index (χ3v) is 4.19. The zero-order valence-electron chi connectivity index (χ0n) is 10.0. The molecule has 0 fully saturated rings. The van der Waals surface area contributed by atoms with E-state index in [1.807, 2.05) is 11.3 Å². The van der Waals surface area contributed by atoms with Crippen LogP contribution in [0.25, 0.3) is 21.2 Å². The summed E-state index contributed by atoms with van der Waals surface area (Å²) in [4.78, 5) is 0. The molecule has 1 heterocycles. The van der Waals surface area contributed by atoms with Crippen LogP contribution in [-0.4, -0.2) is 0 Å². The van der Waals surface area contributed by atoms with Crippen molar-refractivity contribution < 1.29 is 0 Å². The number of benzene rings is 2. The molecule has 1 heteroatoms. The van der Waals surface area contributed by atoms with Crippen LogP contribution in [-0.2, 0) is 0 Å². The van der Waals surface area contributed by atoms with Gasteiger partial charge in [-0.3, -0.25) is 0 Å². The van der Waals surface area contributed by atoms with Gasteiger partial charge in [0.25, 0.3) is 0 Å². The summed E-state index contributed by atoms with van der Waals surface area (Å²) in [7, 11) is 0. The van der Waals surface area contributed by atoms with Gasteiger partial charge < -0.3 is 0 Å². The molecule has 0 amide bonds. The molecule has 0 atom stereocenters. The summed E-state index contributed by atoms with van der Waals surface area (Å²) in [6, 6.07) is 15.1. The molecule has 0 spiro atoms. The van der Waals surface area contributed by atoms with E-state index in [2.05, 4.69) is 61.7 Å². The summed E-state index contributed by atoms with van der Waals surface area (Å²) in [5.41, 5.74) is 5.48. The maximum absolute atomic E-state index is 2.28. The Balaban J connectivity index is 2.35. The lowest BCUT2D eigenvalue weighted by molar-refractivity contribution is 1.39. The molecule has 0 unspecified atom stereocenters. The van der Waals surface area contributed by atoms with Gasteiger partial charge in [-0.15, -0.1) is 11.3 Å². The van der Waals surface area contributed by atoms with Gasteiger partial charge >= 0.3 is 0 Å². The van der Waals surface area contributed by atoms with Crippen LogP contribution < -0.4 is 0 Å². The van der Waals surface area contributed by atoms with Gasteiger partial charge in [0, 0.05) is 15.6 Å². The van der Waals surface area contributed by atoms with E-state index < -0.39 is 0 Å². The van der Waals surface area contributed by atoms with Crippen LogP contribution in [0.5, 0.6) is 0 Å². The van der Waals surface area contributed by atoms with Crippen LogP contribution in [0.3, 0.4) is 0 Å². The van der Waals surface area contributed by atoms with Gasteiger partial charge in [0.15, 0.2) is 0 Å². The fourth-order valence-corrected chi connectivity index (χ4v) is 3.36. The van der Waals surface area contributed by atoms with Crippen LogP contribution in [0.15, 0.2) is 47.8 Å². The van der Waals surface area contributed by atoms with Crippen molar-refractivity contribution in [3.05, 3.63) is 59.0 Å². The Morgan fingerprint density at radius 3 is 2.29 bits per heavy atom. The molecule has 0 aliphatic heterocycles. The molecule has 0 aliphatic carbocycles. The van der Waals surface area contributed by atoms with E-state index in [0.717, 1.165) is 0 Å². The van der Waals surface area contributed by atoms with Crippen LogP contribution in [0, 0.1) is 13.8 Å². The number of fused-ring (bicyclic) bond motifs is 1. The van der Waals surface area contributed by atoms with E-state index in [1.165, 1.54) is 32.3 Å². The van der Waals surface area contributed by atoms with Gasteiger partial charge in [-0.25, -0.2) is 0 Å². The quantitative estimate of drug-likeness (QED) is 0.547. The van der Waals surface area contributed by atoms with Crippen molar-refractivity contribution in [1.82, 2.24) is 0 Å². The normalized spacial score (nSPS) is 10.9. The van der Waals surface area contributed by atoms with Crippen molar-refractivity contribution in [2.45, 2.75) is 13.8 Å². The minimum atomic E-state index is 1.36. The van der Waals surface area contributed by atoms with E-state index in [9.17, 15) is 0 Å². The summed E-state index contributed by atoms with van der Waals surface area (Å²) in [5.74, 6) is 0. The van der Waals surface area contributed by atoms with Gasteiger partial charge in [-0.05, 0) is 42.0 Å². The molecule has 84 valence electrons. The second-order valence-corrected chi connectivity index (χ2v) is 5.32. The first-order valence-corrected chi connectivity index (χ1v) is 6.68. The highest BCUT2D eigenvalue weighted by atomic mass is 32.1. The van der Waals surface area contributed by atoms with E-state index in [-0.39, 0.29) is 0 Å². The zero-order chi connectivity index (χ0) is 11.8. The first-order chi connectivity index (χ1) is 8.27. The van der Waals surface area contributed by atoms with Gasteiger partial charge in [0.05, 0.1) is 0 Å². The van der Waals surface area contributed by atoms with Crippen molar-refractivity contribution in [3.63, 3.8) is 0 Å². The average Bonchev–Trinajstić information content (AvgIpc) is 2.73. The molecule has 0 N–H and O–H groups in total. The predicted octanol–water partition coefficient (Wildman–Crippen LogP) is 5.19. The third kappa shape index (κ3) is 1.67. The number of aryl methyl sites for hydroxylation is 2. The standard InChI is InChI=1S/C16H14S/c1-11-6-5-7-12(2)16(11)14-10-17-15-9-4-3-8-13(14)15/h3-10H,1-2H3. The van der Waals surface area contributed by atoms with Crippen molar-refractivity contribution in [2.24, 2.45) is 0 Å². The molecule has 2 aromatic carbocycles. The van der Waals surface area contributed by atoms with Crippen LogP contribution >= 0.6 is 11.3 Å². The molecule has 0 radical (unpaired) electrons. The Hall–Kier alpha value is -1.60. The van der Waals surface area contributed by atoms with E-state index in [0.29, 0.717) is 0 Å². The van der Waals surface area contributed by atoms with Crippen LogP contribution in [0.4, 0.5) is 0 Å². The summed E-state index contributed by atoms with van der Waals surface area (Å²) < 4.78 is 1.37. The molecule has 0 nitrogen and oxygen atoms in total. The zero-order valence-corrected chi connectivity index (χ0v) is 10.8. The van der Waals surface area contributed by atoms with Crippen LogP contribution in [0.1, 0.15) is 11.1 Å². The fraction of sp³-hybridized carbons (Fsp3) is 0.125. The van der Waals surface area contributed by atoms with Gasteiger partial charge in [0.1, 0.15) is 0 Å². The molecule has 0 saturated carbocycles. The fourth-order valence-electron chi connectivity index (χ4n) is 2.41. The monoisotopic (exact) mass is 238 g/mol. The van der Waals surface area contributed by atoms with Crippen molar-refractivity contribution in [1.29, 1.82) is 0 Å². The molecule has 17 heavy (non-hydrogen) atoms. The minimum Gasteiger partial charge on any atom is -0.143 e. The lowest BCUT2D eigenvalue weighted by atomic mass is 9.95. The molecule has 3 rings (SSSR count). The number of hydrogen-bond donors (Lipinski definition) is 0. The van der Waals surface area contributed by atoms with E-state index >= 15 is 0 Å². The highest BCUT2D eigenvalue weighted by molar-refractivity contribution is 7.17. The number of thiophene rings is 1. The lowest BCUT2D eigenvalue weighted by Gasteiger charge is -2.08. The minimum absolute atomic E-state index is 1.36. The first kappa shape index (κ1) is 10.5. The van der Waals surface area contributed by atoms with Crippen molar-refractivity contribution in [2.75, 3.05) is 0 Å². The largest absolute Gasteiger partial charge is 0.143 e. The Bertz CT molecular complexity index is 657. The topological polar surface area (TPSA) is 0 Å². The highest BCUT2D eigenvalue weighted by Gasteiger charge is 2.10. The van der Waals surface area contributed by atoms with E-state index in [1.54, 1.807) is 0 Å². The Morgan fingerprint density at radius 2 is 1.53 bits per heavy atom. The first-order valence-electron chi connectivity index (χ1n) is 5.80. The summed E-state index contributed by atoms with van der Waals surface area (Å²) in [5, 5.41) is 3.65. The van der Waals surface area contributed by atoms with Gasteiger partial charge in [0.2, 0.25) is 0 Å². The maximum atomic E-state index is 2.28. The van der Waals surface area contributed by atoms with Crippen LogP contribution in [0.2, 0.25) is 0 Å². The summed E-state index contributed by atoms with van der Waals surface area (Å²) >= 11 is 1.83. The Morgan fingerprint density at radius 1 is 0.824 bits per heavy atom. The number of rotatable bonds is 1. The summed E-state index contributed by atoms with van der Waals surface area (Å²) in [6.45, 7) is 4.38. The lowest BCUT2D eigenvalue weighted by Crippen LogP contribution is -1.86. The molecule has 1 aromatic heterocycles. The van der Waals surface area contributed by atoms with Gasteiger partial charge in [-0.1, -0.05) is 36.4 Å². The molecule has 0 aliphatic rings. The molecule has 0 saturated heterocycles. The molecule has 0 bridgehead atoms. The molecule has 3 aromatic rings.